The van der Waals surface area contributed by atoms with Gasteiger partial charge < -0.3 is 5.32 Å². The highest BCUT2D eigenvalue weighted by atomic mass is 32.2. The van der Waals surface area contributed by atoms with Gasteiger partial charge in [-0.3, -0.25) is 4.79 Å². The molecule has 0 unspecified atom stereocenters. The van der Waals surface area contributed by atoms with E-state index in [1.165, 1.54) is 0 Å². The van der Waals surface area contributed by atoms with E-state index in [-0.39, 0.29) is 11.9 Å². The van der Waals surface area contributed by atoms with E-state index in [0.717, 1.165) is 22.6 Å². The minimum Gasteiger partial charge on any atom is -0.348 e. The zero-order chi connectivity index (χ0) is 17.3. The summed E-state index contributed by atoms with van der Waals surface area (Å²) in [5.41, 5.74) is -0.224. The molecule has 0 bridgehead atoms. The van der Waals surface area contributed by atoms with Crippen LogP contribution in [0.3, 0.4) is 0 Å². The van der Waals surface area contributed by atoms with Gasteiger partial charge in [0, 0.05) is 0 Å². The van der Waals surface area contributed by atoms with Crippen molar-refractivity contribution < 1.29 is 13.2 Å². The largest absolute Gasteiger partial charge is 0.348 e. The van der Waals surface area contributed by atoms with Crippen LogP contribution in [-0.4, -0.2) is 26.1 Å². The molecule has 6 heteroatoms. The van der Waals surface area contributed by atoms with Crippen molar-refractivity contribution in [3.05, 3.63) is 48.0 Å². The summed E-state index contributed by atoms with van der Waals surface area (Å²) in [6, 6.07) is 13.6. The summed E-state index contributed by atoms with van der Waals surface area (Å²) in [4.78, 5) is 12.4. The molecule has 0 saturated carbocycles. The SMILES string of the molecule is C[C@H](NC(=O)C(C)(C)NS(C)(=O)=O)c1cccc2ccccc12. The first-order valence-electron chi connectivity index (χ1n) is 7.38. The monoisotopic (exact) mass is 334 g/mol. The smallest absolute Gasteiger partial charge is 0.241 e. The summed E-state index contributed by atoms with van der Waals surface area (Å²) >= 11 is 0. The van der Waals surface area contributed by atoms with E-state index in [2.05, 4.69) is 10.0 Å². The lowest BCUT2D eigenvalue weighted by molar-refractivity contribution is -0.126. The molecule has 5 nitrogen and oxygen atoms in total. The molecule has 1 amide bonds. The lowest BCUT2D eigenvalue weighted by Crippen LogP contribution is -2.54. The third-order valence-electron chi connectivity index (χ3n) is 3.65. The number of fused-ring (bicyclic) bond motifs is 1. The van der Waals surface area contributed by atoms with Gasteiger partial charge in [-0.25, -0.2) is 13.1 Å². The first-order chi connectivity index (χ1) is 10.6. The van der Waals surface area contributed by atoms with Gasteiger partial charge in [-0.15, -0.1) is 0 Å². The summed E-state index contributed by atoms with van der Waals surface area (Å²) in [6.07, 6.45) is 1.04. The fourth-order valence-corrected chi connectivity index (χ4v) is 3.61. The first-order valence-corrected chi connectivity index (χ1v) is 9.27. The third-order valence-corrected chi connectivity index (χ3v) is 4.53. The van der Waals surface area contributed by atoms with E-state index in [1.807, 2.05) is 49.4 Å². The molecule has 0 aliphatic rings. The Morgan fingerprint density at radius 1 is 1.09 bits per heavy atom. The second-order valence-electron chi connectivity index (χ2n) is 6.26. The normalized spacial score (nSPS) is 13.7. The highest BCUT2D eigenvalue weighted by Crippen LogP contribution is 2.24. The molecule has 0 aromatic heterocycles. The molecule has 0 heterocycles. The van der Waals surface area contributed by atoms with Crippen LogP contribution in [0.2, 0.25) is 0 Å². The number of rotatable bonds is 5. The Labute approximate surface area is 137 Å². The first kappa shape index (κ1) is 17.4. The molecule has 0 radical (unpaired) electrons. The second-order valence-corrected chi connectivity index (χ2v) is 8.01. The van der Waals surface area contributed by atoms with Gasteiger partial charge in [-0.1, -0.05) is 42.5 Å². The van der Waals surface area contributed by atoms with E-state index in [4.69, 9.17) is 0 Å². The molecule has 2 aromatic carbocycles. The summed E-state index contributed by atoms with van der Waals surface area (Å²) < 4.78 is 25.1. The number of sulfonamides is 1. The molecule has 0 spiro atoms. The van der Waals surface area contributed by atoms with Gasteiger partial charge in [0.25, 0.3) is 0 Å². The topological polar surface area (TPSA) is 75.3 Å². The van der Waals surface area contributed by atoms with Crippen LogP contribution >= 0.6 is 0 Å². The minimum absolute atomic E-state index is 0.241. The predicted octanol–water partition coefficient (Wildman–Crippen LogP) is 2.34. The molecular weight excluding hydrogens is 312 g/mol. The van der Waals surface area contributed by atoms with E-state index in [9.17, 15) is 13.2 Å². The van der Waals surface area contributed by atoms with Crippen LogP contribution in [-0.2, 0) is 14.8 Å². The van der Waals surface area contributed by atoms with E-state index >= 15 is 0 Å². The lowest BCUT2D eigenvalue weighted by Gasteiger charge is -2.26. The Balaban J connectivity index is 2.24. The zero-order valence-corrected chi connectivity index (χ0v) is 14.6. The Morgan fingerprint density at radius 2 is 1.70 bits per heavy atom. The summed E-state index contributed by atoms with van der Waals surface area (Å²) in [5.74, 6) is -0.372. The molecule has 0 aliphatic carbocycles. The number of carbonyl (C=O) groups is 1. The van der Waals surface area contributed by atoms with Crippen LogP contribution in [0.1, 0.15) is 32.4 Å². The van der Waals surface area contributed by atoms with Crippen LogP contribution < -0.4 is 10.0 Å². The number of nitrogens with one attached hydrogen (secondary N) is 2. The number of benzene rings is 2. The Kier molecular flexibility index (Phi) is 4.77. The van der Waals surface area contributed by atoms with E-state index in [1.54, 1.807) is 13.8 Å². The average molecular weight is 334 g/mol. The van der Waals surface area contributed by atoms with Crippen molar-refractivity contribution in [2.24, 2.45) is 0 Å². The van der Waals surface area contributed by atoms with Crippen molar-refractivity contribution in [1.82, 2.24) is 10.0 Å². The van der Waals surface area contributed by atoms with Crippen molar-refractivity contribution in [3.63, 3.8) is 0 Å². The standard InChI is InChI=1S/C17H22N2O3S/c1-12(18-16(20)17(2,3)19-23(4,21)22)14-11-7-9-13-8-5-6-10-15(13)14/h5-12,19H,1-4H3,(H,18,20)/t12-/m0/s1. The zero-order valence-electron chi connectivity index (χ0n) is 13.8. The van der Waals surface area contributed by atoms with Gasteiger partial charge in [0.1, 0.15) is 5.54 Å². The van der Waals surface area contributed by atoms with Crippen molar-refractivity contribution in [1.29, 1.82) is 0 Å². The fraction of sp³-hybridized carbons (Fsp3) is 0.353. The average Bonchev–Trinajstić information content (AvgIpc) is 2.44. The van der Waals surface area contributed by atoms with Crippen molar-refractivity contribution >= 4 is 26.7 Å². The Bertz CT molecular complexity index is 823. The van der Waals surface area contributed by atoms with Gasteiger partial charge in [0.15, 0.2) is 0 Å². The maximum atomic E-state index is 12.4. The molecule has 2 N–H and O–H groups in total. The number of hydrogen-bond acceptors (Lipinski definition) is 3. The van der Waals surface area contributed by atoms with Crippen LogP contribution in [0.25, 0.3) is 10.8 Å². The molecule has 0 saturated heterocycles. The predicted molar refractivity (Wildman–Crippen MR) is 92.6 cm³/mol. The molecule has 0 fully saturated rings. The number of amides is 1. The van der Waals surface area contributed by atoms with Crippen LogP contribution in [0, 0.1) is 0 Å². The third kappa shape index (κ3) is 4.30. The molecule has 2 aromatic rings. The molecule has 124 valence electrons. The Morgan fingerprint density at radius 3 is 2.35 bits per heavy atom. The van der Waals surface area contributed by atoms with Gasteiger partial charge in [-0.2, -0.15) is 0 Å². The molecule has 2 rings (SSSR count). The molecule has 1 atom stereocenters. The minimum atomic E-state index is -3.47. The highest BCUT2D eigenvalue weighted by Gasteiger charge is 2.31. The maximum absolute atomic E-state index is 12.4. The molecule has 0 aliphatic heterocycles. The summed E-state index contributed by atoms with van der Waals surface area (Å²) in [7, 11) is -3.47. The lowest BCUT2D eigenvalue weighted by atomic mass is 9.98. The van der Waals surface area contributed by atoms with Crippen LogP contribution in [0.15, 0.2) is 42.5 Å². The van der Waals surface area contributed by atoms with Gasteiger partial charge in [-0.05, 0) is 37.1 Å². The van der Waals surface area contributed by atoms with Crippen molar-refractivity contribution in [2.45, 2.75) is 32.4 Å². The van der Waals surface area contributed by atoms with Crippen LogP contribution in [0.5, 0.6) is 0 Å². The number of carbonyl (C=O) groups excluding carboxylic acids is 1. The molecular formula is C17H22N2O3S. The maximum Gasteiger partial charge on any atom is 0.241 e. The highest BCUT2D eigenvalue weighted by molar-refractivity contribution is 7.88. The van der Waals surface area contributed by atoms with Crippen LogP contribution in [0.4, 0.5) is 0 Å². The van der Waals surface area contributed by atoms with Crippen molar-refractivity contribution in [3.8, 4) is 0 Å². The van der Waals surface area contributed by atoms with Crippen molar-refractivity contribution in [2.75, 3.05) is 6.26 Å². The number of hydrogen-bond donors (Lipinski definition) is 2. The van der Waals surface area contributed by atoms with Gasteiger partial charge in [0.05, 0.1) is 12.3 Å². The summed E-state index contributed by atoms with van der Waals surface area (Å²) in [6.45, 7) is 4.97. The summed E-state index contributed by atoms with van der Waals surface area (Å²) in [5, 5.41) is 5.05. The van der Waals surface area contributed by atoms with Gasteiger partial charge >= 0.3 is 0 Å². The second kappa shape index (κ2) is 6.29. The van der Waals surface area contributed by atoms with E-state index < -0.39 is 15.6 Å². The van der Waals surface area contributed by atoms with E-state index in [0.29, 0.717) is 0 Å². The van der Waals surface area contributed by atoms with Gasteiger partial charge in [0.2, 0.25) is 15.9 Å². The Hall–Kier alpha value is -1.92. The molecule has 23 heavy (non-hydrogen) atoms. The quantitative estimate of drug-likeness (QED) is 0.881. The fourth-order valence-electron chi connectivity index (χ4n) is 2.59.